The van der Waals surface area contributed by atoms with Crippen LogP contribution >= 0.6 is 15.9 Å². The number of carbonyl (C=O) groups is 1. The van der Waals surface area contributed by atoms with Crippen LogP contribution in [-0.4, -0.2) is 16.0 Å². The minimum atomic E-state index is -1.33. The Bertz CT molecular complexity index is 686. The molecule has 0 saturated heterocycles. The predicted molar refractivity (Wildman–Crippen MR) is 81.5 cm³/mol. The van der Waals surface area contributed by atoms with Gasteiger partial charge in [-0.05, 0) is 29.8 Å². The topological polar surface area (TPSA) is 92.5 Å². The Morgan fingerprint density at radius 1 is 1.24 bits per heavy atom. The Morgan fingerprint density at radius 2 is 1.90 bits per heavy atom. The maximum absolute atomic E-state index is 11.1. The van der Waals surface area contributed by atoms with E-state index < -0.39 is 16.6 Å². The van der Waals surface area contributed by atoms with Gasteiger partial charge in [-0.25, -0.2) is 4.79 Å². The monoisotopic (exact) mass is 350 g/mol. The second-order valence-corrected chi connectivity index (χ2v) is 5.16. The zero-order valence-corrected chi connectivity index (χ0v) is 12.3. The molecule has 0 saturated carbocycles. The van der Waals surface area contributed by atoms with E-state index in [9.17, 15) is 14.9 Å². The van der Waals surface area contributed by atoms with Crippen LogP contribution in [0.4, 0.5) is 11.4 Å². The molecule has 0 atom stereocenters. The molecule has 0 radical (unpaired) electrons. The Labute approximate surface area is 128 Å². The number of para-hydroxylation sites is 1. The van der Waals surface area contributed by atoms with E-state index in [1.54, 1.807) is 0 Å². The highest BCUT2D eigenvalue weighted by atomic mass is 79.9. The van der Waals surface area contributed by atoms with Gasteiger partial charge >= 0.3 is 11.7 Å². The van der Waals surface area contributed by atoms with Crippen molar-refractivity contribution in [3.05, 3.63) is 68.2 Å². The van der Waals surface area contributed by atoms with Crippen LogP contribution < -0.4 is 5.32 Å². The summed E-state index contributed by atoms with van der Waals surface area (Å²) < 4.78 is 0.935. The molecule has 6 nitrogen and oxygen atoms in total. The molecule has 0 amide bonds. The maximum Gasteiger partial charge on any atom is 0.342 e. The molecular weight excluding hydrogens is 340 g/mol. The summed E-state index contributed by atoms with van der Waals surface area (Å²) in [5.74, 6) is -1.33. The number of halogens is 1. The van der Waals surface area contributed by atoms with Crippen molar-refractivity contribution in [1.29, 1.82) is 0 Å². The SMILES string of the molecule is O=C(O)c1cccc(NCc2ccc(Br)cc2)c1[N+](=O)[O-]. The third-order valence-electron chi connectivity index (χ3n) is 2.85. The van der Waals surface area contributed by atoms with Gasteiger partial charge < -0.3 is 10.4 Å². The van der Waals surface area contributed by atoms with E-state index in [0.717, 1.165) is 10.0 Å². The number of nitrogens with one attached hydrogen (secondary N) is 1. The number of hydrogen-bond donors (Lipinski definition) is 2. The van der Waals surface area contributed by atoms with Crippen molar-refractivity contribution in [3.63, 3.8) is 0 Å². The summed E-state index contributed by atoms with van der Waals surface area (Å²) in [5, 5.41) is 23.0. The molecular formula is C14H11BrN2O4. The van der Waals surface area contributed by atoms with Crippen LogP contribution in [0.25, 0.3) is 0 Å². The van der Waals surface area contributed by atoms with Crippen molar-refractivity contribution < 1.29 is 14.8 Å². The van der Waals surface area contributed by atoms with E-state index in [0.29, 0.717) is 6.54 Å². The summed E-state index contributed by atoms with van der Waals surface area (Å²) in [7, 11) is 0. The maximum atomic E-state index is 11.1. The second kappa shape index (κ2) is 6.36. The lowest BCUT2D eigenvalue weighted by Crippen LogP contribution is -2.07. The summed E-state index contributed by atoms with van der Waals surface area (Å²) in [6, 6.07) is 11.6. The van der Waals surface area contributed by atoms with Crippen LogP contribution in [0.1, 0.15) is 15.9 Å². The van der Waals surface area contributed by atoms with Gasteiger partial charge in [-0.3, -0.25) is 10.1 Å². The van der Waals surface area contributed by atoms with Gasteiger partial charge in [-0.15, -0.1) is 0 Å². The minimum Gasteiger partial charge on any atom is -0.477 e. The molecule has 0 bridgehead atoms. The number of hydrogen-bond acceptors (Lipinski definition) is 4. The van der Waals surface area contributed by atoms with Crippen LogP contribution in [0.15, 0.2) is 46.9 Å². The summed E-state index contributed by atoms with van der Waals surface area (Å²) in [4.78, 5) is 21.5. The zero-order valence-electron chi connectivity index (χ0n) is 10.7. The van der Waals surface area contributed by atoms with Gasteiger partial charge in [0, 0.05) is 11.0 Å². The van der Waals surface area contributed by atoms with E-state index in [-0.39, 0.29) is 11.3 Å². The van der Waals surface area contributed by atoms with Gasteiger partial charge in [0.25, 0.3) is 0 Å². The normalized spacial score (nSPS) is 10.1. The van der Waals surface area contributed by atoms with E-state index in [1.807, 2.05) is 24.3 Å². The van der Waals surface area contributed by atoms with Gasteiger partial charge in [0.1, 0.15) is 11.3 Å². The number of carboxylic acids is 1. The number of nitro benzene ring substituents is 1. The Balaban J connectivity index is 2.27. The first-order valence-electron chi connectivity index (χ1n) is 5.98. The molecule has 0 aliphatic rings. The standard InChI is InChI=1S/C14H11BrN2O4/c15-10-6-4-9(5-7-10)8-16-12-3-1-2-11(14(18)19)13(12)17(20)21/h1-7,16H,8H2,(H,18,19). The average molecular weight is 351 g/mol. The largest absolute Gasteiger partial charge is 0.477 e. The summed E-state index contributed by atoms with van der Waals surface area (Å²) in [5.41, 5.74) is 0.346. The fraction of sp³-hybridized carbons (Fsp3) is 0.0714. The summed E-state index contributed by atoms with van der Waals surface area (Å²) in [6.45, 7) is 0.358. The number of nitrogens with zero attached hydrogens (tertiary/aromatic N) is 1. The third-order valence-corrected chi connectivity index (χ3v) is 3.37. The van der Waals surface area contributed by atoms with Gasteiger partial charge in [-0.2, -0.15) is 0 Å². The number of nitro groups is 1. The van der Waals surface area contributed by atoms with Crippen molar-refractivity contribution in [2.75, 3.05) is 5.32 Å². The van der Waals surface area contributed by atoms with E-state index in [1.165, 1.54) is 18.2 Å². The highest BCUT2D eigenvalue weighted by molar-refractivity contribution is 9.10. The van der Waals surface area contributed by atoms with Crippen LogP contribution in [0.5, 0.6) is 0 Å². The lowest BCUT2D eigenvalue weighted by Gasteiger charge is -2.09. The molecule has 0 aliphatic carbocycles. The smallest absolute Gasteiger partial charge is 0.342 e. The van der Waals surface area contributed by atoms with Crippen LogP contribution in [0.3, 0.4) is 0 Å². The molecule has 0 unspecified atom stereocenters. The molecule has 0 aliphatic heterocycles. The van der Waals surface area contributed by atoms with Crippen molar-refractivity contribution >= 4 is 33.3 Å². The molecule has 108 valence electrons. The second-order valence-electron chi connectivity index (χ2n) is 4.24. The van der Waals surface area contributed by atoms with Crippen LogP contribution in [0.2, 0.25) is 0 Å². The highest BCUT2D eigenvalue weighted by Gasteiger charge is 2.23. The van der Waals surface area contributed by atoms with Crippen molar-refractivity contribution in [2.24, 2.45) is 0 Å². The fourth-order valence-electron chi connectivity index (χ4n) is 1.85. The van der Waals surface area contributed by atoms with E-state index in [2.05, 4.69) is 21.2 Å². The van der Waals surface area contributed by atoms with Gasteiger partial charge in [-0.1, -0.05) is 34.1 Å². The van der Waals surface area contributed by atoms with Gasteiger partial charge in [0.05, 0.1) is 4.92 Å². The first-order chi connectivity index (χ1) is 9.99. The first kappa shape index (κ1) is 15.0. The molecule has 0 spiro atoms. The lowest BCUT2D eigenvalue weighted by atomic mass is 10.1. The number of anilines is 1. The third kappa shape index (κ3) is 3.57. The molecule has 0 fully saturated rings. The number of rotatable bonds is 5. The summed E-state index contributed by atoms with van der Waals surface area (Å²) in [6.07, 6.45) is 0. The van der Waals surface area contributed by atoms with Gasteiger partial charge in [0.15, 0.2) is 0 Å². The molecule has 0 aromatic heterocycles. The average Bonchev–Trinajstić information content (AvgIpc) is 2.46. The first-order valence-corrected chi connectivity index (χ1v) is 6.77. The number of benzene rings is 2. The fourth-order valence-corrected chi connectivity index (χ4v) is 2.12. The Hall–Kier alpha value is -2.41. The lowest BCUT2D eigenvalue weighted by molar-refractivity contribution is -0.384. The molecule has 0 heterocycles. The van der Waals surface area contributed by atoms with E-state index in [4.69, 9.17) is 5.11 Å². The van der Waals surface area contributed by atoms with Crippen molar-refractivity contribution in [3.8, 4) is 0 Å². The molecule has 2 rings (SSSR count). The molecule has 21 heavy (non-hydrogen) atoms. The van der Waals surface area contributed by atoms with Gasteiger partial charge in [0.2, 0.25) is 0 Å². The van der Waals surface area contributed by atoms with Crippen LogP contribution in [-0.2, 0) is 6.54 Å². The quantitative estimate of drug-likeness (QED) is 0.633. The number of carboxylic acid groups (broad SMARTS) is 1. The predicted octanol–water partition coefficient (Wildman–Crippen LogP) is 3.67. The Kier molecular flexibility index (Phi) is 4.54. The van der Waals surface area contributed by atoms with Crippen LogP contribution in [0, 0.1) is 10.1 Å². The molecule has 2 aromatic rings. The summed E-state index contributed by atoms with van der Waals surface area (Å²) >= 11 is 3.32. The van der Waals surface area contributed by atoms with Crippen molar-refractivity contribution in [1.82, 2.24) is 0 Å². The molecule has 2 N–H and O–H groups in total. The van der Waals surface area contributed by atoms with E-state index >= 15 is 0 Å². The highest BCUT2D eigenvalue weighted by Crippen LogP contribution is 2.29. The zero-order chi connectivity index (χ0) is 15.4. The molecule has 7 heteroatoms. The minimum absolute atomic E-state index is 0.183. The Morgan fingerprint density at radius 3 is 2.48 bits per heavy atom. The molecule has 2 aromatic carbocycles. The number of aromatic carboxylic acids is 1. The van der Waals surface area contributed by atoms with Crippen molar-refractivity contribution in [2.45, 2.75) is 6.54 Å².